The molecule has 0 radical (unpaired) electrons. The van der Waals surface area contributed by atoms with E-state index in [1.807, 2.05) is 0 Å². The molecule has 0 fully saturated rings. The van der Waals surface area contributed by atoms with Crippen LogP contribution in [0.3, 0.4) is 0 Å². The van der Waals surface area contributed by atoms with Crippen LogP contribution in [-0.2, 0) is 4.74 Å². The number of ether oxygens (including phenoxy) is 1. The van der Waals surface area contributed by atoms with Gasteiger partial charge in [0.05, 0.1) is 12.7 Å². The normalized spacial score (nSPS) is 13.0. The Bertz CT molecular complexity index is 196. The largest absolute Gasteiger partial charge is 0.389 e. The summed E-state index contributed by atoms with van der Waals surface area (Å²) >= 11 is 0. The smallest absolute Gasteiger partial charge is 0.0900 e. The molecule has 21 heavy (non-hydrogen) atoms. The maximum absolute atomic E-state index is 9.86. The van der Waals surface area contributed by atoms with E-state index in [0.717, 1.165) is 32.7 Å². The minimum Gasteiger partial charge on any atom is -0.389 e. The summed E-state index contributed by atoms with van der Waals surface area (Å²) in [7, 11) is 0. The lowest BCUT2D eigenvalue weighted by Crippen LogP contribution is -2.34. The topological polar surface area (TPSA) is 32.7 Å². The molecule has 0 spiro atoms. The fourth-order valence-electron chi connectivity index (χ4n) is 2.57. The first-order chi connectivity index (χ1) is 10.2. The molecule has 0 aromatic carbocycles. The van der Waals surface area contributed by atoms with Crippen LogP contribution in [0.25, 0.3) is 0 Å². The van der Waals surface area contributed by atoms with Crippen molar-refractivity contribution in [2.75, 3.05) is 32.8 Å². The summed E-state index contributed by atoms with van der Waals surface area (Å²) in [6, 6.07) is 0. The number of hydrogen-bond donors (Lipinski definition) is 1. The van der Waals surface area contributed by atoms with Crippen molar-refractivity contribution in [3.05, 3.63) is 0 Å². The van der Waals surface area contributed by atoms with Gasteiger partial charge in [-0.05, 0) is 19.5 Å². The van der Waals surface area contributed by atoms with Gasteiger partial charge in [0.15, 0.2) is 0 Å². The molecular formula is C18H39NO2. The van der Waals surface area contributed by atoms with E-state index in [0.29, 0.717) is 6.61 Å². The van der Waals surface area contributed by atoms with Crippen LogP contribution >= 0.6 is 0 Å². The van der Waals surface area contributed by atoms with E-state index in [1.165, 1.54) is 51.4 Å². The third-order valence-electron chi connectivity index (χ3n) is 4.07. The first kappa shape index (κ1) is 20.9. The predicted molar refractivity (Wildman–Crippen MR) is 91.8 cm³/mol. The minimum atomic E-state index is -0.344. The van der Waals surface area contributed by atoms with Crippen molar-refractivity contribution in [3.8, 4) is 0 Å². The molecule has 3 heteroatoms. The maximum Gasteiger partial charge on any atom is 0.0900 e. The van der Waals surface area contributed by atoms with Gasteiger partial charge in [0.2, 0.25) is 0 Å². The summed E-state index contributed by atoms with van der Waals surface area (Å²) in [5.74, 6) is 0. The molecule has 0 saturated heterocycles. The lowest BCUT2D eigenvalue weighted by molar-refractivity contribution is 0.0171. The van der Waals surface area contributed by atoms with Crippen molar-refractivity contribution in [2.24, 2.45) is 0 Å². The van der Waals surface area contributed by atoms with Gasteiger partial charge in [-0.3, -0.25) is 0 Å². The van der Waals surface area contributed by atoms with Crippen molar-refractivity contribution in [1.29, 1.82) is 0 Å². The Kier molecular flexibility index (Phi) is 16.2. The summed E-state index contributed by atoms with van der Waals surface area (Å²) in [6.45, 7) is 10.5. The van der Waals surface area contributed by atoms with E-state index >= 15 is 0 Å². The van der Waals surface area contributed by atoms with Gasteiger partial charge in [-0.25, -0.2) is 0 Å². The molecule has 0 saturated carbocycles. The molecule has 0 aromatic heterocycles. The van der Waals surface area contributed by atoms with Crippen molar-refractivity contribution < 1.29 is 9.84 Å². The molecule has 3 nitrogen and oxygen atoms in total. The molecule has 0 heterocycles. The third kappa shape index (κ3) is 14.6. The zero-order valence-electron chi connectivity index (χ0n) is 14.8. The molecule has 0 aliphatic rings. The Morgan fingerprint density at radius 1 is 0.810 bits per heavy atom. The van der Waals surface area contributed by atoms with Crippen LogP contribution in [0.4, 0.5) is 0 Å². The van der Waals surface area contributed by atoms with Gasteiger partial charge in [0.25, 0.3) is 0 Å². The average molecular weight is 302 g/mol. The van der Waals surface area contributed by atoms with E-state index in [4.69, 9.17) is 4.74 Å². The van der Waals surface area contributed by atoms with Crippen molar-refractivity contribution >= 4 is 0 Å². The third-order valence-corrected chi connectivity index (χ3v) is 4.07. The molecule has 0 amide bonds. The number of likely N-dealkylation sites (N-methyl/N-ethyl adjacent to an activating group) is 1. The molecule has 1 atom stereocenters. The summed E-state index contributed by atoms with van der Waals surface area (Å²) in [6.07, 6.45) is 11.7. The quantitative estimate of drug-likeness (QED) is 0.433. The highest BCUT2D eigenvalue weighted by Crippen LogP contribution is 2.09. The van der Waals surface area contributed by atoms with Crippen LogP contribution in [0, 0.1) is 0 Å². The Morgan fingerprint density at radius 2 is 1.33 bits per heavy atom. The van der Waals surface area contributed by atoms with Crippen LogP contribution in [0.1, 0.15) is 78.6 Å². The second kappa shape index (κ2) is 16.3. The van der Waals surface area contributed by atoms with Gasteiger partial charge in [0, 0.05) is 13.2 Å². The lowest BCUT2D eigenvalue weighted by Gasteiger charge is -2.21. The van der Waals surface area contributed by atoms with Crippen LogP contribution < -0.4 is 0 Å². The highest BCUT2D eigenvalue weighted by Gasteiger charge is 2.08. The SMILES string of the molecule is CCCCCCCCCCCOCC(O)CN(CC)CC. The summed E-state index contributed by atoms with van der Waals surface area (Å²) < 4.78 is 5.57. The monoisotopic (exact) mass is 301 g/mol. The van der Waals surface area contributed by atoms with E-state index in [-0.39, 0.29) is 6.10 Å². The first-order valence-electron chi connectivity index (χ1n) is 9.22. The Hall–Kier alpha value is -0.120. The minimum absolute atomic E-state index is 0.344. The average Bonchev–Trinajstić information content (AvgIpc) is 2.50. The van der Waals surface area contributed by atoms with Crippen LogP contribution in [0.2, 0.25) is 0 Å². The number of hydrogen-bond acceptors (Lipinski definition) is 3. The number of aliphatic hydroxyl groups is 1. The van der Waals surface area contributed by atoms with Gasteiger partial charge in [-0.2, -0.15) is 0 Å². The van der Waals surface area contributed by atoms with Gasteiger partial charge >= 0.3 is 0 Å². The standard InChI is InChI=1S/C18H39NO2/c1-4-7-8-9-10-11-12-13-14-15-21-17-18(20)16-19(5-2)6-3/h18,20H,4-17H2,1-3H3. The number of rotatable bonds is 16. The lowest BCUT2D eigenvalue weighted by atomic mass is 10.1. The van der Waals surface area contributed by atoms with E-state index < -0.39 is 0 Å². The van der Waals surface area contributed by atoms with Crippen LogP contribution in [0.15, 0.2) is 0 Å². The first-order valence-corrected chi connectivity index (χ1v) is 9.22. The fourth-order valence-corrected chi connectivity index (χ4v) is 2.57. The maximum atomic E-state index is 9.86. The molecule has 0 aliphatic carbocycles. The molecule has 0 rings (SSSR count). The molecule has 1 N–H and O–H groups in total. The number of unbranched alkanes of at least 4 members (excludes halogenated alkanes) is 8. The molecule has 1 unspecified atom stereocenters. The highest BCUT2D eigenvalue weighted by atomic mass is 16.5. The highest BCUT2D eigenvalue weighted by molar-refractivity contribution is 4.61. The van der Waals surface area contributed by atoms with Crippen molar-refractivity contribution in [1.82, 2.24) is 4.90 Å². The zero-order valence-corrected chi connectivity index (χ0v) is 14.8. The van der Waals surface area contributed by atoms with Crippen LogP contribution in [0.5, 0.6) is 0 Å². The molecular weight excluding hydrogens is 262 g/mol. The van der Waals surface area contributed by atoms with Crippen LogP contribution in [-0.4, -0.2) is 49.0 Å². The Balaban J connectivity index is 3.21. The van der Waals surface area contributed by atoms with Gasteiger partial charge in [-0.15, -0.1) is 0 Å². The van der Waals surface area contributed by atoms with E-state index in [2.05, 4.69) is 25.7 Å². The predicted octanol–water partition coefficient (Wildman–Crippen LogP) is 4.24. The Morgan fingerprint density at radius 3 is 1.86 bits per heavy atom. The summed E-state index contributed by atoms with van der Waals surface area (Å²) in [5, 5.41) is 9.86. The van der Waals surface area contributed by atoms with Gasteiger partial charge in [-0.1, -0.05) is 72.1 Å². The van der Waals surface area contributed by atoms with Crippen molar-refractivity contribution in [3.63, 3.8) is 0 Å². The van der Waals surface area contributed by atoms with Gasteiger partial charge in [0.1, 0.15) is 0 Å². The van der Waals surface area contributed by atoms with Crippen molar-refractivity contribution in [2.45, 2.75) is 84.7 Å². The summed E-state index contributed by atoms with van der Waals surface area (Å²) in [4.78, 5) is 2.23. The second-order valence-corrected chi connectivity index (χ2v) is 6.04. The summed E-state index contributed by atoms with van der Waals surface area (Å²) in [5.41, 5.74) is 0. The van der Waals surface area contributed by atoms with E-state index in [9.17, 15) is 5.11 Å². The fraction of sp³-hybridized carbons (Fsp3) is 1.00. The molecule has 128 valence electrons. The second-order valence-electron chi connectivity index (χ2n) is 6.04. The molecule has 0 aliphatic heterocycles. The zero-order chi connectivity index (χ0) is 15.8. The molecule has 0 bridgehead atoms. The van der Waals surface area contributed by atoms with Gasteiger partial charge < -0.3 is 14.7 Å². The Labute approximate surface area is 133 Å². The molecule has 0 aromatic rings. The number of aliphatic hydroxyl groups excluding tert-OH is 1. The number of nitrogens with zero attached hydrogens (tertiary/aromatic N) is 1. The van der Waals surface area contributed by atoms with E-state index in [1.54, 1.807) is 0 Å².